The minimum atomic E-state index is -4.36. The first-order valence-electron chi connectivity index (χ1n) is 3.44. The molecule has 0 radical (unpaired) electrons. The zero-order chi connectivity index (χ0) is 13.8. The van der Waals surface area contributed by atoms with Gasteiger partial charge in [-0.2, -0.15) is 13.2 Å². The Balaban J connectivity index is 0. The molecule has 0 aliphatic carbocycles. The molecule has 0 aliphatic heterocycles. The third-order valence-electron chi connectivity index (χ3n) is 0.988. The van der Waals surface area contributed by atoms with E-state index < -0.39 is 25.6 Å². The Bertz CT molecular complexity index is 180. The maximum absolute atomic E-state index is 11.2. The molecule has 0 fully saturated rings. The summed E-state index contributed by atoms with van der Waals surface area (Å²) < 4.78 is 30.8. The minimum absolute atomic E-state index is 0.592. The van der Waals surface area contributed by atoms with Gasteiger partial charge >= 0.3 is 6.18 Å². The van der Waals surface area contributed by atoms with Gasteiger partial charge in [0.2, 0.25) is 3.79 Å². The molecule has 0 aromatic heterocycles. The second-order valence-corrected chi connectivity index (χ2v) is 7.37. The molecule has 0 aromatic rings. The predicted octanol–water partition coefficient (Wildman–Crippen LogP) is 5.95. The Morgan fingerprint density at radius 2 is 1.25 bits per heavy atom. The van der Waals surface area contributed by atoms with E-state index in [0.29, 0.717) is 0 Å². The molecule has 0 aliphatic rings. The van der Waals surface area contributed by atoms with Crippen molar-refractivity contribution in [1.29, 1.82) is 0 Å². The van der Waals surface area contributed by atoms with Gasteiger partial charge in [0, 0.05) is 5.88 Å². The van der Waals surface area contributed by atoms with E-state index in [1.807, 2.05) is 0 Å². The maximum atomic E-state index is 11.2. The Hall–Kier alpha value is 1.82. The van der Waals surface area contributed by atoms with Crippen molar-refractivity contribution in [2.75, 3.05) is 5.88 Å². The normalized spacial score (nSPS) is 15.2. The summed E-state index contributed by atoms with van der Waals surface area (Å²) in [6.45, 7) is 1.41. The Kier molecular flexibility index (Phi) is 9.34. The van der Waals surface area contributed by atoms with E-state index >= 15 is 0 Å². The zero-order valence-corrected chi connectivity index (χ0v) is 12.9. The van der Waals surface area contributed by atoms with E-state index in [1.54, 1.807) is 0 Å². The summed E-state index contributed by atoms with van der Waals surface area (Å²) in [6, 6.07) is 0. The van der Waals surface area contributed by atoms with Gasteiger partial charge in [0.1, 0.15) is 5.38 Å². The number of alkyl halides is 10. The summed E-state index contributed by atoms with van der Waals surface area (Å²) in [7, 11) is 0. The third kappa shape index (κ3) is 9.81. The fraction of sp³-hybridized carbons (Fsp3) is 1.00. The smallest absolute Gasteiger partial charge is 0.169 e. The van der Waals surface area contributed by atoms with E-state index in [2.05, 4.69) is 11.6 Å². The van der Waals surface area contributed by atoms with Crippen LogP contribution in [0.25, 0.3) is 0 Å². The first-order valence-corrected chi connectivity index (χ1v) is 6.31. The van der Waals surface area contributed by atoms with Crippen molar-refractivity contribution in [3.8, 4) is 0 Å². The fourth-order valence-corrected chi connectivity index (χ4v) is 0.262. The first-order chi connectivity index (χ1) is 6.73. The highest BCUT2D eigenvalue weighted by Crippen LogP contribution is 2.45. The van der Waals surface area contributed by atoms with Crippen LogP contribution in [0, 0.1) is 0 Å². The second-order valence-electron chi connectivity index (χ2n) is 2.55. The van der Waals surface area contributed by atoms with Crippen LogP contribution < -0.4 is 0 Å². The quantitative estimate of drug-likeness (QED) is 0.491. The Morgan fingerprint density at radius 1 is 1.00 bits per heavy atom. The molecular formula is C6H6Cl7F3. The van der Waals surface area contributed by atoms with Gasteiger partial charge in [0.05, 0.1) is 0 Å². The van der Waals surface area contributed by atoms with Crippen LogP contribution in [-0.4, -0.2) is 25.6 Å². The Labute approximate surface area is 126 Å². The van der Waals surface area contributed by atoms with Gasteiger partial charge in [-0.1, -0.05) is 58.0 Å². The third-order valence-corrected chi connectivity index (χ3v) is 4.14. The molecular weight excluding hydrogens is 377 g/mol. The van der Waals surface area contributed by atoms with Crippen LogP contribution in [0.2, 0.25) is 0 Å². The molecule has 0 saturated heterocycles. The van der Waals surface area contributed by atoms with Crippen molar-refractivity contribution >= 4 is 81.2 Å². The lowest BCUT2D eigenvalue weighted by molar-refractivity contribution is -0.126. The number of hydrogen-bond acceptors (Lipinski definition) is 0. The van der Waals surface area contributed by atoms with Crippen molar-refractivity contribution in [1.82, 2.24) is 0 Å². The molecule has 0 bridgehead atoms. The molecule has 0 heterocycles. The van der Waals surface area contributed by atoms with Crippen LogP contribution in [0.15, 0.2) is 0 Å². The van der Waals surface area contributed by atoms with Crippen LogP contribution in [-0.2, 0) is 0 Å². The summed E-state index contributed by atoms with van der Waals surface area (Å²) >= 11 is 36.1. The van der Waals surface area contributed by atoms with Crippen LogP contribution in [0.3, 0.4) is 0 Å². The van der Waals surface area contributed by atoms with Gasteiger partial charge < -0.3 is 0 Å². The average molecular weight is 383 g/mol. The highest BCUT2D eigenvalue weighted by Gasteiger charge is 2.41. The average Bonchev–Trinajstić information content (AvgIpc) is 1.98. The lowest BCUT2D eigenvalue weighted by atomic mass is 10.5. The second kappa shape index (κ2) is 7.42. The van der Waals surface area contributed by atoms with E-state index in [-0.39, 0.29) is 0 Å². The highest BCUT2D eigenvalue weighted by molar-refractivity contribution is 6.75. The van der Waals surface area contributed by atoms with Gasteiger partial charge in [-0.3, -0.25) is 0 Å². The molecule has 0 amide bonds. The summed E-state index contributed by atoms with van der Waals surface area (Å²) in [5, 5.41) is -1.91. The topological polar surface area (TPSA) is 0 Å². The van der Waals surface area contributed by atoms with Gasteiger partial charge in [-0.15, -0.1) is 23.2 Å². The van der Waals surface area contributed by atoms with E-state index in [9.17, 15) is 13.2 Å². The standard InChI is InChI=1S/C3H3Cl5.C3H3Cl2F3/c1-2(4,5)3(6,7)8;4-1-2(5)3(6,7)8/h1H3;2H,1H2. The SMILES string of the molecule is CC(Cl)(Cl)C(Cl)(Cl)Cl.FC(F)(F)C(Cl)CCl. The predicted molar refractivity (Wildman–Crippen MR) is 66.8 cm³/mol. The fourth-order valence-electron chi connectivity index (χ4n) is 0.0875. The van der Waals surface area contributed by atoms with Crippen LogP contribution in [0.5, 0.6) is 0 Å². The van der Waals surface area contributed by atoms with Crippen molar-refractivity contribution in [2.24, 2.45) is 0 Å². The lowest BCUT2D eigenvalue weighted by Gasteiger charge is -2.21. The van der Waals surface area contributed by atoms with Gasteiger partial charge in [0.25, 0.3) is 0 Å². The molecule has 1 atom stereocenters. The molecule has 0 rings (SSSR count). The maximum Gasteiger partial charge on any atom is 0.406 e. The number of halogens is 10. The highest BCUT2D eigenvalue weighted by atomic mass is 35.6. The van der Waals surface area contributed by atoms with Crippen molar-refractivity contribution in [2.45, 2.75) is 26.6 Å². The molecule has 16 heavy (non-hydrogen) atoms. The van der Waals surface area contributed by atoms with Crippen LogP contribution in [0.1, 0.15) is 6.92 Å². The van der Waals surface area contributed by atoms with Gasteiger partial charge in [-0.05, 0) is 6.92 Å². The molecule has 1 unspecified atom stereocenters. The summed E-state index contributed by atoms with van der Waals surface area (Å²) in [5.41, 5.74) is 0. The summed E-state index contributed by atoms with van der Waals surface area (Å²) in [6.07, 6.45) is -4.36. The summed E-state index contributed by atoms with van der Waals surface area (Å²) in [5.74, 6) is -0.592. The van der Waals surface area contributed by atoms with Crippen molar-refractivity contribution in [3.05, 3.63) is 0 Å². The van der Waals surface area contributed by atoms with Gasteiger partial charge in [-0.25, -0.2) is 0 Å². The largest absolute Gasteiger partial charge is 0.406 e. The lowest BCUT2D eigenvalue weighted by Crippen LogP contribution is -2.26. The molecule has 0 N–H and O–H groups in total. The molecule has 10 heteroatoms. The van der Waals surface area contributed by atoms with Gasteiger partial charge in [0.15, 0.2) is 4.33 Å². The Morgan fingerprint density at radius 3 is 1.25 bits per heavy atom. The monoisotopic (exact) mass is 380 g/mol. The number of rotatable bonds is 1. The molecule has 0 spiro atoms. The van der Waals surface area contributed by atoms with Crippen LogP contribution in [0.4, 0.5) is 13.2 Å². The molecule has 100 valence electrons. The summed E-state index contributed by atoms with van der Waals surface area (Å²) in [4.78, 5) is 0. The van der Waals surface area contributed by atoms with Crippen molar-refractivity contribution in [3.63, 3.8) is 0 Å². The molecule has 0 nitrogen and oxygen atoms in total. The molecule has 0 saturated carbocycles. The minimum Gasteiger partial charge on any atom is -0.169 e. The zero-order valence-electron chi connectivity index (χ0n) is 7.56. The first kappa shape index (κ1) is 20.1. The molecule has 0 aromatic carbocycles. The van der Waals surface area contributed by atoms with E-state index in [1.165, 1.54) is 6.92 Å². The van der Waals surface area contributed by atoms with E-state index in [0.717, 1.165) is 0 Å². The number of hydrogen-bond donors (Lipinski definition) is 0. The van der Waals surface area contributed by atoms with E-state index in [4.69, 9.17) is 69.6 Å². The van der Waals surface area contributed by atoms with Crippen LogP contribution >= 0.6 is 81.2 Å². The van der Waals surface area contributed by atoms with Crippen molar-refractivity contribution < 1.29 is 13.2 Å².